The van der Waals surface area contributed by atoms with Crippen molar-refractivity contribution in [1.29, 1.82) is 0 Å². The molecular weight excluding hydrogens is 256 g/mol. The molecule has 0 bridgehead atoms. The maximum atomic E-state index is 5.80. The fourth-order valence-electron chi connectivity index (χ4n) is 3.45. The maximum absolute atomic E-state index is 5.80. The number of rotatable bonds is 11. The largest absolute Gasteiger partial charge is 0.330 e. The average Bonchev–Trinajstić information content (AvgIpc) is 2.37. The Kier molecular flexibility index (Phi) is 10.6. The minimum atomic E-state index is 0.386. The van der Waals surface area contributed by atoms with E-state index in [1.807, 2.05) is 0 Å². The van der Waals surface area contributed by atoms with E-state index in [4.69, 9.17) is 5.73 Å². The molecule has 0 aliphatic heterocycles. The lowest BCUT2D eigenvalue weighted by atomic mass is 9.76. The molecule has 0 rings (SSSR count). The first-order chi connectivity index (χ1) is 9.76. The third-order valence-corrected chi connectivity index (χ3v) is 4.80. The lowest BCUT2D eigenvalue weighted by Gasteiger charge is -2.34. The van der Waals surface area contributed by atoms with Crippen LogP contribution in [0.3, 0.4) is 0 Å². The summed E-state index contributed by atoms with van der Waals surface area (Å²) in [6.45, 7) is 19.7. The summed E-state index contributed by atoms with van der Waals surface area (Å²) in [6.07, 6.45) is 6.34. The smallest absolute Gasteiger partial charge is 0.00901 e. The summed E-state index contributed by atoms with van der Waals surface area (Å²) in [6, 6.07) is 0.759. The summed E-state index contributed by atoms with van der Waals surface area (Å²) in [5.41, 5.74) is 6.19. The van der Waals surface area contributed by atoms with Gasteiger partial charge in [0.1, 0.15) is 0 Å². The monoisotopic (exact) mass is 298 g/mol. The quantitative estimate of drug-likeness (QED) is 0.586. The Labute approximate surface area is 134 Å². The molecule has 0 aromatic carbocycles. The number of nitrogens with two attached hydrogens (primary N) is 1. The van der Waals surface area contributed by atoms with Crippen LogP contribution in [0.2, 0.25) is 0 Å². The summed E-state index contributed by atoms with van der Waals surface area (Å²) < 4.78 is 0. The van der Waals surface area contributed by atoms with Gasteiger partial charge in [-0.25, -0.2) is 0 Å². The Balaban J connectivity index is 4.45. The molecule has 0 aromatic heterocycles. The summed E-state index contributed by atoms with van der Waals surface area (Å²) in [4.78, 5) is 2.73. The average molecular weight is 299 g/mol. The summed E-state index contributed by atoms with van der Waals surface area (Å²) in [5, 5.41) is 0. The summed E-state index contributed by atoms with van der Waals surface area (Å²) >= 11 is 0. The number of hydrogen-bond donors (Lipinski definition) is 1. The first kappa shape index (κ1) is 20.9. The second-order valence-electron chi connectivity index (χ2n) is 8.14. The number of hydrogen-bond acceptors (Lipinski definition) is 2. The minimum absolute atomic E-state index is 0.386. The lowest BCUT2D eigenvalue weighted by molar-refractivity contribution is 0.147. The summed E-state index contributed by atoms with van der Waals surface area (Å²) in [7, 11) is 0. The van der Waals surface area contributed by atoms with Crippen LogP contribution in [0.15, 0.2) is 0 Å². The van der Waals surface area contributed by atoms with Crippen molar-refractivity contribution >= 4 is 0 Å². The molecule has 0 heterocycles. The Morgan fingerprint density at radius 3 is 1.95 bits per heavy atom. The zero-order valence-corrected chi connectivity index (χ0v) is 15.9. The second kappa shape index (κ2) is 10.6. The first-order valence-corrected chi connectivity index (χ1v) is 9.20. The highest BCUT2D eigenvalue weighted by Crippen LogP contribution is 2.32. The van der Waals surface area contributed by atoms with Gasteiger partial charge in [0.2, 0.25) is 0 Å². The molecule has 0 saturated carbocycles. The van der Waals surface area contributed by atoms with Crippen LogP contribution in [0.4, 0.5) is 0 Å². The van der Waals surface area contributed by atoms with Crippen LogP contribution >= 0.6 is 0 Å². The molecule has 0 aliphatic carbocycles. The lowest BCUT2D eigenvalue weighted by Crippen LogP contribution is -2.38. The highest BCUT2D eigenvalue weighted by molar-refractivity contribution is 4.76. The van der Waals surface area contributed by atoms with E-state index in [1.54, 1.807) is 0 Å². The third-order valence-electron chi connectivity index (χ3n) is 4.80. The molecular formula is C19H42N2. The summed E-state index contributed by atoms with van der Waals surface area (Å²) in [5.74, 6) is 1.51. The fourth-order valence-corrected chi connectivity index (χ4v) is 3.45. The molecule has 128 valence electrons. The van der Waals surface area contributed by atoms with Gasteiger partial charge in [-0.05, 0) is 62.4 Å². The van der Waals surface area contributed by atoms with Crippen LogP contribution in [0.25, 0.3) is 0 Å². The van der Waals surface area contributed by atoms with Gasteiger partial charge in [-0.3, -0.25) is 0 Å². The van der Waals surface area contributed by atoms with Gasteiger partial charge < -0.3 is 10.6 Å². The Bertz CT molecular complexity index is 238. The Hall–Kier alpha value is -0.0800. The van der Waals surface area contributed by atoms with E-state index in [0.29, 0.717) is 5.41 Å². The van der Waals surface area contributed by atoms with Gasteiger partial charge in [-0.2, -0.15) is 0 Å². The first-order valence-electron chi connectivity index (χ1n) is 9.20. The molecule has 1 unspecified atom stereocenters. The van der Waals surface area contributed by atoms with Gasteiger partial charge in [0, 0.05) is 12.6 Å². The van der Waals surface area contributed by atoms with Gasteiger partial charge in [0.25, 0.3) is 0 Å². The number of nitrogens with zero attached hydrogens (tertiary/aromatic N) is 1. The minimum Gasteiger partial charge on any atom is -0.330 e. The molecule has 0 saturated heterocycles. The third kappa shape index (κ3) is 8.83. The van der Waals surface area contributed by atoms with E-state index >= 15 is 0 Å². The highest BCUT2D eigenvalue weighted by atomic mass is 15.1. The van der Waals surface area contributed by atoms with E-state index < -0.39 is 0 Å². The Morgan fingerprint density at radius 1 is 1.00 bits per heavy atom. The maximum Gasteiger partial charge on any atom is 0.00901 e. The Morgan fingerprint density at radius 2 is 1.57 bits per heavy atom. The molecule has 21 heavy (non-hydrogen) atoms. The molecule has 2 nitrogen and oxygen atoms in total. The molecule has 0 aliphatic rings. The van der Waals surface area contributed by atoms with Crippen LogP contribution in [-0.2, 0) is 0 Å². The van der Waals surface area contributed by atoms with E-state index in [1.165, 1.54) is 45.2 Å². The molecule has 0 fully saturated rings. The van der Waals surface area contributed by atoms with Crippen molar-refractivity contribution < 1.29 is 0 Å². The fraction of sp³-hybridized carbons (Fsp3) is 1.00. The van der Waals surface area contributed by atoms with Crippen LogP contribution in [0, 0.1) is 17.3 Å². The predicted molar refractivity (Wildman–Crippen MR) is 96.6 cm³/mol. The molecule has 0 radical (unpaired) electrons. The molecule has 0 aromatic rings. The van der Waals surface area contributed by atoms with Gasteiger partial charge >= 0.3 is 0 Å². The van der Waals surface area contributed by atoms with Crippen LogP contribution in [-0.4, -0.2) is 30.6 Å². The molecule has 0 amide bonds. The van der Waals surface area contributed by atoms with E-state index in [2.05, 4.69) is 53.4 Å². The van der Waals surface area contributed by atoms with Crippen molar-refractivity contribution in [2.45, 2.75) is 86.6 Å². The van der Waals surface area contributed by atoms with Gasteiger partial charge in [-0.1, -0.05) is 48.5 Å². The van der Waals surface area contributed by atoms with Gasteiger partial charge in [0.15, 0.2) is 0 Å². The van der Waals surface area contributed by atoms with Crippen LogP contribution in [0.5, 0.6) is 0 Å². The van der Waals surface area contributed by atoms with E-state index in [0.717, 1.165) is 24.4 Å². The van der Waals surface area contributed by atoms with Crippen LogP contribution < -0.4 is 5.73 Å². The van der Waals surface area contributed by atoms with Crippen molar-refractivity contribution in [2.75, 3.05) is 19.6 Å². The van der Waals surface area contributed by atoms with Crippen molar-refractivity contribution in [1.82, 2.24) is 4.90 Å². The second-order valence-corrected chi connectivity index (χ2v) is 8.14. The molecule has 0 spiro atoms. The zero-order valence-electron chi connectivity index (χ0n) is 15.9. The van der Waals surface area contributed by atoms with Crippen molar-refractivity contribution in [3.05, 3.63) is 0 Å². The molecule has 2 heteroatoms. The standard InChI is InChI=1S/C19H42N2/c1-8-18(9-2)21(15-16(3)4)14-10-11-17(12-13-20)19(5,6)7/h16-18H,8-15,20H2,1-7H3. The molecule has 1 atom stereocenters. The normalized spacial score (nSPS) is 14.4. The van der Waals surface area contributed by atoms with Crippen LogP contribution in [0.1, 0.15) is 80.6 Å². The highest BCUT2D eigenvalue weighted by Gasteiger charge is 2.24. The van der Waals surface area contributed by atoms with Crippen molar-refractivity contribution in [2.24, 2.45) is 23.0 Å². The van der Waals surface area contributed by atoms with E-state index in [9.17, 15) is 0 Å². The van der Waals surface area contributed by atoms with Gasteiger partial charge in [-0.15, -0.1) is 0 Å². The zero-order chi connectivity index (χ0) is 16.5. The SMILES string of the molecule is CCC(CC)N(CCCC(CCN)C(C)(C)C)CC(C)C. The van der Waals surface area contributed by atoms with Crippen molar-refractivity contribution in [3.63, 3.8) is 0 Å². The predicted octanol–water partition coefficient (Wildman–Crippen LogP) is 4.92. The van der Waals surface area contributed by atoms with Crippen molar-refractivity contribution in [3.8, 4) is 0 Å². The topological polar surface area (TPSA) is 29.3 Å². The molecule has 2 N–H and O–H groups in total. The van der Waals surface area contributed by atoms with Gasteiger partial charge in [0.05, 0.1) is 0 Å². The van der Waals surface area contributed by atoms with E-state index in [-0.39, 0.29) is 0 Å².